The maximum atomic E-state index is 11.0. The van der Waals surface area contributed by atoms with E-state index in [9.17, 15) is 4.79 Å². The zero-order valence-electron chi connectivity index (χ0n) is 15.4. The zero-order chi connectivity index (χ0) is 18.4. The highest BCUT2D eigenvalue weighted by Crippen LogP contribution is 2.32. The lowest BCUT2D eigenvalue weighted by Gasteiger charge is -2.36. The smallest absolute Gasteiger partial charge is 0.150 e. The molecule has 3 rings (SSSR count). The average Bonchev–Trinajstić information content (AvgIpc) is 2.70. The lowest BCUT2D eigenvalue weighted by molar-refractivity contribution is 0.0846. The molecule has 0 atom stereocenters. The molecule has 0 spiro atoms. The highest BCUT2D eigenvalue weighted by molar-refractivity contribution is 5.78. The quantitative estimate of drug-likeness (QED) is 0.740. The molecule has 2 heterocycles. The molecule has 138 valence electrons. The molecule has 0 saturated carbocycles. The van der Waals surface area contributed by atoms with Gasteiger partial charge in [-0.25, -0.2) is 4.98 Å². The van der Waals surface area contributed by atoms with Crippen LogP contribution >= 0.6 is 0 Å². The lowest BCUT2D eigenvalue weighted by atomic mass is 10.1. The third-order valence-electron chi connectivity index (χ3n) is 4.73. The highest BCUT2D eigenvalue weighted by atomic mass is 16.5. The van der Waals surface area contributed by atoms with Crippen molar-refractivity contribution in [3.8, 4) is 0 Å². The number of nitrogens with one attached hydrogen (secondary N) is 2. The molecule has 6 nitrogen and oxygen atoms in total. The Hall–Kier alpha value is -2.60. The van der Waals surface area contributed by atoms with Crippen molar-refractivity contribution in [3.05, 3.63) is 42.1 Å². The predicted molar refractivity (Wildman–Crippen MR) is 106 cm³/mol. The minimum absolute atomic E-state index is 0.467. The minimum atomic E-state index is 0.467. The van der Waals surface area contributed by atoms with E-state index in [1.165, 1.54) is 0 Å². The van der Waals surface area contributed by atoms with Gasteiger partial charge in [-0.1, -0.05) is 12.1 Å². The number of hydrogen-bond acceptors (Lipinski definition) is 6. The Balaban J connectivity index is 1.88. The molecule has 2 N–H and O–H groups in total. The Bertz CT molecular complexity index is 744. The van der Waals surface area contributed by atoms with Gasteiger partial charge in [-0.15, -0.1) is 0 Å². The van der Waals surface area contributed by atoms with E-state index >= 15 is 0 Å². The monoisotopic (exact) mass is 354 g/mol. The summed E-state index contributed by atoms with van der Waals surface area (Å²) in [5.41, 5.74) is 3.62. The van der Waals surface area contributed by atoms with Gasteiger partial charge >= 0.3 is 0 Å². The third kappa shape index (κ3) is 4.14. The van der Waals surface area contributed by atoms with Crippen molar-refractivity contribution in [1.82, 2.24) is 4.98 Å². The summed E-state index contributed by atoms with van der Waals surface area (Å²) in [4.78, 5) is 17.9. The maximum Gasteiger partial charge on any atom is 0.150 e. The Morgan fingerprint density at radius 1 is 1.31 bits per heavy atom. The van der Waals surface area contributed by atoms with Gasteiger partial charge in [-0.05, 0) is 31.9 Å². The summed E-state index contributed by atoms with van der Waals surface area (Å²) < 4.78 is 5.52. The third-order valence-corrected chi connectivity index (χ3v) is 4.73. The number of hydrogen-bond donors (Lipinski definition) is 2. The Kier molecular flexibility index (Phi) is 6.07. The fourth-order valence-electron chi connectivity index (χ4n) is 3.40. The molecule has 0 radical (unpaired) electrons. The number of benzene rings is 1. The Labute approximate surface area is 154 Å². The maximum absolute atomic E-state index is 11.0. The predicted octanol–water partition coefficient (Wildman–Crippen LogP) is 3.68. The van der Waals surface area contributed by atoms with Crippen LogP contribution in [0.25, 0.3) is 0 Å². The van der Waals surface area contributed by atoms with E-state index in [1.54, 1.807) is 6.07 Å². The van der Waals surface area contributed by atoms with E-state index in [0.29, 0.717) is 11.6 Å². The van der Waals surface area contributed by atoms with Crippen molar-refractivity contribution in [3.63, 3.8) is 0 Å². The van der Waals surface area contributed by atoms with Gasteiger partial charge in [0.05, 0.1) is 17.6 Å². The number of pyridine rings is 1. The number of aldehydes is 1. The first-order valence-electron chi connectivity index (χ1n) is 9.09. The first kappa shape index (κ1) is 18.2. The second-order valence-corrected chi connectivity index (χ2v) is 6.33. The van der Waals surface area contributed by atoms with E-state index in [0.717, 1.165) is 61.8 Å². The number of anilines is 4. The van der Waals surface area contributed by atoms with Crippen LogP contribution in [0.4, 0.5) is 22.9 Å². The number of ether oxygens (including phenoxy) is 1. The van der Waals surface area contributed by atoms with Crippen molar-refractivity contribution in [2.75, 3.05) is 42.3 Å². The van der Waals surface area contributed by atoms with Crippen molar-refractivity contribution in [2.24, 2.45) is 0 Å². The normalized spacial score (nSPS) is 14.7. The van der Waals surface area contributed by atoms with E-state index in [1.807, 2.05) is 31.4 Å². The summed E-state index contributed by atoms with van der Waals surface area (Å²) in [5.74, 6) is 0.757. The molecule has 2 aromatic rings. The van der Waals surface area contributed by atoms with Crippen LogP contribution in [0.2, 0.25) is 0 Å². The number of aromatic nitrogens is 1. The van der Waals surface area contributed by atoms with Gasteiger partial charge in [0.25, 0.3) is 0 Å². The molecule has 0 unspecified atom stereocenters. The fraction of sp³-hybridized carbons (Fsp3) is 0.400. The summed E-state index contributed by atoms with van der Waals surface area (Å²) in [6.45, 7) is 4.72. The van der Waals surface area contributed by atoms with Gasteiger partial charge in [-0.3, -0.25) is 4.79 Å². The second-order valence-electron chi connectivity index (χ2n) is 6.33. The standard InChI is InChI=1S/C20H26N4O2/c1-3-24(17-7-9-26-10-8-17)19-12-20(22-13-18(19)21-2)23-16-6-4-5-15(11-16)14-25/h4-6,11-14,17,21H,3,7-10H2,1-2H3,(H,22,23). The fourth-order valence-corrected chi connectivity index (χ4v) is 3.40. The SMILES string of the molecule is CCN(c1cc(Nc2cccc(C=O)c2)ncc1NC)C1CCOCC1. The number of carbonyl (C=O) groups excluding carboxylic acids is 1. The Morgan fingerprint density at radius 3 is 2.81 bits per heavy atom. The van der Waals surface area contributed by atoms with Crippen molar-refractivity contribution >= 4 is 29.2 Å². The molecule has 0 aliphatic carbocycles. The summed E-state index contributed by atoms with van der Waals surface area (Å²) >= 11 is 0. The van der Waals surface area contributed by atoms with Crippen LogP contribution in [0.3, 0.4) is 0 Å². The van der Waals surface area contributed by atoms with Crippen molar-refractivity contribution in [2.45, 2.75) is 25.8 Å². The molecular weight excluding hydrogens is 328 g/mol. The van der Waals surface area contributed by atoms with Crippen LogP contribution in [0.1, 0.15) is 30.1 Å². The van der Waals surface area contributed by atoms with Crippen LogP contribution in [0.5, 0.6) is 0 Å². The lowest BCUT2D eigenvalue weighted by Crippen LogP contribution is -2.39. The van der Waals surface area contributed by atoms with E-state index < -0.39 is 0 Å². The van der Waals surface area contributed by atoms with Gasteiger partial charge < -0.3 is 20.3 Å². The number of rotatable bonds is 7. The van der Waals surface area contributed by atoms with Gasteiger partial charge in [-0.2, -0.15) is 0 Å². The highest BCUT2D eigenvalue weighted by Gasteiger charge is 2.23. The molecule has 1 aromatic carbocycles. The first-order chi connectivity index (χ1) is 12.7. The summed E-state index contributed by atoms with van der Waals surface area (Å²) in [6.07, 6.45) is 4.76. The molecule has 1 saturated heterocycles. The van der Waals surface area contributed by atoms with Crippen LogP contribution < -0.4 is 15.5 Å². The first-order valence-corrected chi connectivity index (χ1v) is 9.09. The van der Waals surface area contributed by atoms with Crippen molar-refractivity contribution < 1.29 is 9.53 Å². The molecule has 1 aromatic heterocycles. The van der Waals surface area contributed by atoms with Gasteiger partial charge in [0.1, 0.15) is 12.1 Å². The number of nitrogens with zero attached hydrogens (tertiary/aromatic N) is 2. The number of carbonyl (C=O) groups is 1. The minimum Gasteiger partial charge on any atom is -0.385 e. The average molecular weight is 354 g/mol. The molecule has 1 aliphatic heterocycles. The van der Waals surface area contributed by atoms with Crippen LogP contribution in [0, 0.1) is 0 Å². The van der Waals surface area contributed by atoms with Gasteiger partial charge in [0, 0.05) is 50.2 Å². The molecule has 6 heteroatoms. The van der Waals surface area contributed by atoms with E-state index in [2.05, 4.69) is 33.5 Å². The molecular formula is C20H26N4O2. The van der Waals surface area contributed by atoms with E-state index in [-0.39, 0.29) is 0 Å². The van der Waals surface area contributed by atoms with Crippen LogP contribution in [0.15, 0.2) is 36.5 Å². The molecule has 1 fully saturated rings. The summed E-state index contributed by atoms with van der Waals surface area (Å²) in [7, 11) is 1.92. The zero-order valence-corrected chi connectivity index (χ0v) is 15.4. The van der Waals surface area contributed by atoms with Gasteiger partial charge in [0.15, 0.2) is 0 Å². The molecule has 1 aliphatic rings. The van der Waals surface area contributed by atoms with Crippen LogP contribution in [-0.4, -0.2) is 44.1 Å². The topological polar surface area (TPSA) is 66.5 Å². The van der Waals surface area contributed by atoms with Crippen molar-refractivity contribution in [1.29, 1.82) is 0 Å². The Morgan fingerprint density at radius 2 is 2.12 bits per heavy atom. The van der Waals surface area contributed by atoms with Crippen LogP contribution in [-0.2, 0) is 4.74 Å². The molecule has 0 amide bonds. The van der Waals surface area contributed by atoms with E-state index in [4.69, 9.17) is 4.74 Å². The molecule has 0 bridgehead atoms. The molecule has 26 heavy (non-hydrogen) atoms. The summed E-state index contributed by atoms with van der Waals surface area (Å²) in [5, 5.41) is 6.55. The second kappa shape index (κ2) is 8.67. The van der Waals surface area contributed by atoms with Gasteiger partial charge in [0.2, 0.25) is 0 Å². The largest absolute Gasteiger partial charge is 0.385 e. The summed E-state index contributed by atoms with van der Waals surface area (Å²) in [6, 6.07) is 9.92.